The summed E-state index contributed by atoms with van der Waals surface area (Å²) >= 11 is 0. The Hall–Kier alpha value is -1.44. The second kappa shape index (κ2) is 8.00. The Morgan fingerprint density at radius 2 is 1.79 bits per heavy atom. The molecule has 0 spiro atoms. The van der Waals surface area contributed by atoms with E-state index in [2.05, 4.69) is 17.0 Å². The zero-order valence-electron chi connectivity index (χ0n) is 17.3. The molecule has 5 rings (SSSR count). The molecule has 1 aromatic rings. The highest BCUT2D eigenvalue weighted by Gasteiger charge is 2.53. The number of methoxy groups -OCH3 is 1. The van der Waals surface area contributed by atoms with Crippen molar-refractivity contribution >= 4 is 15.9 Å². The zero-order chi connectivity index (χ0) is 20.6. The summed E-state index contributed by atoms with van der Waals surface area (Å²) in [7, 11) is -2.15. The molecule has 0 radical (unpaired) electrons. The van der Waals surface area contributed by atoms with Crippen molar-refractivity contribution in [2.24, 2.45) is 23.2 Å². The maximum Gasteiger partial charge on any atom is 0.251 e. The minimum absolute atomic E-state index is 0.100. The number of hydrogen-bond donors (Lipinski definition) is 2. The van der Waals surface area contributed by atoms with Crippen LogP contribution in [0.15, 0.2) is 29.2 Å². The van der Waals surface area contributed by atoms with E-state index in [1.54, 1.807) is 12.1 Å². The number of carbonyl (C=O) groups excluding carboxylic acids is 1. The van der Waals surface area contributed by atoms with Gasteiger partial charge in [0, 0.05) is 25.3 Å². The molecule has 4 fully saturated rings. The first kappa shape index (κ1) is 20.8. The van der Waals surface area contributed by atoms with E-state index in [0.717, 1.165) is 17.8 Å². The Morgan fingerprint density at radius 3 is 2.38 bits per heavy atom. The van der Waals surface area contributed by atoms with Gasteiger partial charge in [0.25, 0.3) is 5.91 Å². The van der Waals surface area contributed by atoms with Crippen LogP contribution in [0.5, 0.6) is 0 Å². The third-order valence-electron chi connectivity index (χ3n) is 7.36. The Morgan fingerprint density at radius 1 is 1.17 bits per heavy atom. The number of benzene rings is 1. The Kier molecular flexibility index (Phi) is 5.75. The van der Waals surface area contributed by atoms with Crippen molar-refractivity contribution < 1.29 is 17.9 Å². The molecule has 1 unspecified atom stereocenters. The molecule has 160 valence electrons. The van der Waals surface area contributed by atoms with Gasteiger partial charge in [0.2, 0.25) is 10.0 Å². The fourth-order valence-corrected chi connectivity index (χ4v) is 7.37. The van der Waals surface area contributed by atoms with Crippen molar-refractivity contribution in [2.45, 2.75) is 56.4 Å². The van der Waals surface area contributed by atoms with Gasteiger partial charge < -0.3 is 10.1 Å². The van der Waals surface area contributed by atoms with Gasteiger partial charge in [0.05, 0.1) is 11.5 Å². The molecule has 0 saturated heterocycles. The molecule has 1 atom stereocenters. The van der Waals surface area contributed by atoms with E-state index < -0.39 is 10.0 Å². The molecule has 4 aliphatic rings. The minimum atomic E-state index is -3.66. The average molecular weight is 421 g/mol. The molecule has 6 nitrogen and oxygen atoms in total. The van der Waals surface area contributed by atoms with E-state index in [0.29, 0.717) is 12.2 Å². The molecule has 4 aliphatic carbocycles. The van der Waals surface area contributed by atoms with Gasteiger partial charge in [-0.3, -0.25) is 4.79 Å². The van der Waals surface area contributed by atoms with Crippen LogP contribution in [-0.2, 0) is 14.8 Å². The van der Waals surface area contributed by atoms with Crippen LogP contribution in [0.3, 0.4) is 0 Å². The second-order valence-electron chi connectivity index (χ2n) is 9.39. The Bertz CT molecular complexity index is 832. The van der Waals surface area contributed by atoms with E-state index >= 15 is 0 Å². The molecule has 0 aromatic heterocycles. The standard InChI is InChI=1S/C22H32N2O4S/c1-15(22-12-16-8-17(13-22)10-18(9-16)14-22)24-21(25)19-4-3-5-20(11-19)29(26,27)23-6-7-28-2/h3-5,11,15-18,23H,6-10,12-14H2,1-2H3,(H,24,25). The first-order chi connectivity index (χ1) is 13.8. The van der Waals surface area contributed by atoms with E-state index in [9.17, 15) is 13.2 Å². The van der Waals surface area contributed by atoms with Crippen molar-refractivity contribution in [1.82, 2.24) is 10.0 Å². The molecule has 29 heavy (non-hydrogen) atoms. The molecule has 1 aromatic carbocycles. The lowest BCUT2D eigenvalue weighted by Crippen LogP contribution is -2.55. The summed E-state index contributed by atoms with van der Waals surface area (Å²) in [5.41, 5.74) is 0.603. The number of sulfonamides is 1. The molecular formula is C22H32N2O4S. The van der Waals surface area contributed by atoms with Crippen LogP contribution in [0.2, 0.25) is 0 Å². The zero-order valence-corrected chi connectivity index (χ0v) is 18.1. The lowest BCUT2D eigenvalue weighted by atomic mass is 9.48. The SMILES string of the molecule is COCCNS(=O)(=O)c1cccc(C(=O)NC(C)C23CC4CC(CC(C4)C2)C3)c1. The number of hydrogen-bond acceptors (Lipinski definition) is 4. The first-order valence-electron chi connectivity index (χ1n) is 10.7. The van der Waals surface area contributed by atoms with Crippen molar-refractivity contribution in [3.05, 3.63) is 29.8 Å². The molecule has 4 saturated carbocycles. The third-order valence-corrected chi connectivity index (χ3v) is 8.82. The van der Waals surface area contributed by atoms with Crippen molar-refractivity contribution in [1.29, 1.82) is 0 Å². The second-order valence-corrected chi connectivity index (χ2v) is 11.2. The smallest absolute Gasteiger partial charge is 0.251 e. The fraction of sp³-hybridized carbons (Fsp3) is 0.682. The quantitative estimate of drug-likeness (QED) is 0.633. The summed E-state index contributed by atoms with van der Waals surface area (Å²) < 4.78 is 32.2. The van der Waals surface area contributed by atoms with Gasteiger partial charge in [-0.25, -0.2) is 13.1 Å². The third kappa shape index (κ3) is 4.23. The topological polar surface area (TPSA) is 84.5 Å². The van der Waals surface area contributed by atoms with Gasteiger partial charge in [0.1, 0.15) is 0 Å². The number of amides is 1. The van der Waals surface area contributed by atoms with Crippen LogP contribution >= 0.6 is 0 Å². The predicted octanol–water partition coefficient (Wildman–Crippen LogP) is 2.95. The van der Waals surface area contributed by atoms with Gasteiger partial charge >= 0.3 is 0 Å². The van der Waals surface area contributed by atoms with E-state index in [-0.39, 0.29) is 28.8 Å². The van der Waals surface area contributed by atoms with Crippen LogP contribution in [0.25, 0.3) is 0 Å². The summed E-state index contributed by atoms with van der Waals surface area (Å²) in [4.78, 5) is 13.0. The van der Waals surface area contributed by atoms with Crippen LogP contribution in [-0.4, -0.2) is 40.6 Å². The van der Waals surface area contributed by atoms with E-state index in [1.807, 2.05) is 0 Å². The van der Waals surface area contributed by atoms with Crippen LogP contribution in [0.4, 0.5) is 0 Å². The molecule has 2 N–H and O–H groups in total. The van der Waals surface area contributed by atoms with Crippen LogP contribution in [0, 0.1) is 23.2 Å². The maximum atomic E-state index is 12.9. The minimum Gasteiger partial charge on any atom is -0.383 e. The first-order valence-corrected chi connectivity index (χ1v) is 12.2. The molecule has 4 bridgehead atoms. The summed E-state index contributed by atoms with van der Waals surface area (Å²) in [5, 5.41) is 3.21. The van der Waals surface area contributed by atoms with Gasteiger partial charge in [-0.2, -0.15) is 0 Å². The van der Waals surface area contributed by atoms with Gasteiger partial charge in [-0.15, -0.1) is 0 Å². The number of nitrogens with one attached hydrogen (secondary N) is 2. The largest absolute Gasteiger partial charge is 0.383 e. The molecule has 7 heteroatoms. The summed E-state index contributed by atoms with van der Waals surface area (Å²) in [6.45, 7) is 2.62. The van der Waals surface area contributed by atoms with Crippen LogP contribution in [0.1, 0.15) is 55.8 Å². The highest BCUT2D eigenvalue weighted by Crippen LogP contribution is 2.61. The summed E-state index contributed by atoms with van der Waals surface area (Å²) in [5.74, 6) is 2.29. The molecular weight excluding hydrogens is 388 g/mol. The fourth-order valence-electron chi connectivity index (χ4n) is 6.31. The van der Waals surface area contributed by atoms with Crippen molar-refractivity contribution in [2.75, 3.05) is 20.3 Å². The average Bonchev–Trinajstić information content (AvgIpc) is 2.67. The van der Waals surface area contributed by atoms with Crippen LogP contribution < -0.4 is 10.0 Å². The van der Waals surface area contributed by atoms with Gasteiger partial charge in [-0.05, 0) is 86.8 Å². The number of ether oxygens (including phenoxy) is 1. The number of rotatable bonds is 8. The lowest BCUT2D eigenvalue weighted by molar-refractivity contribution is -0.0688. The highest BCUT2D eigenvalue weighted by molar-refractivity contribution is 7.89. The van der Waals surface area contributed by atoms with Gasteiger partial charge in [0.15, 0.2) is 0 Å². The van der Waals surface area contributed by atoms with Gasteiger partial charge in [-0.1, -0.05) is 6.07 Å². The summed E-state index contributed by atoms with van der Waals surface area (Å²) in [6, 6.07) is 6.36. The van der Waals surface area contributed by atoms with E-state index in [4.69, 9.17) is 4.74 Å². The molecule has 1 amide bonds. The maximum absolute atomic E-state index is 12.9. The van der Waals surface area contributed by atoms with Crippen molar-refractivity contribution in [3.8, 4) is 0 Å². The molecule has 0 aliphatic heterocycles. The Balaban J connectivity index is 1.45. The highest BCUT2D eigenvalue weighted by atomic mass is 32.2. The van der Waals surface area contributed by atoms with E-state index in [1.165, 1.54) is 57.8 Å². The Labute approximate surface area is 173 Å². The normalized spacial score (nSPS) is 31.6. The monoisotopic (exact) mass is 420 g/mol. The molecule has 0 heterocycles. The predicted molar refractivity (Wildman–Crippen MR) is 111 cm³/mol. The lowest BCUT2D eigenvalue weighted by Gasteiger charge is -2.59. The summed E-state index contributed by atoms with van der Waals surface area (Å²) in [6.07, 6.45) is 7.77. The number of carbonyl (C=O) groups is 1. The van der Waals surface area contributed by atoms with Crippen molar-refractivity contribution in [3.63, 3.8) is 0 Å².